The second kappa shape index (κ2) is 7.26. The van der Waals surface area contributed by atoms with Crippen LogP contribution in [0.15, 0.2) is 24.3 Å². The van der Waals surface area contributed by atoms with Crippen molar-refractivity contribution in [3.05, 3.63) is 29.8 Å². The van der Waals surface area contributed by atoms with E-state index < -0.39 is 0 Å². The summed E-state index contributed by atoms with van der Waals surface area (Å²) in [4.78, 5) is 11.0. The van der Waals surface area contributed by atoms with Crippen molar-refractivity contribution in [2.45, 2.75) is 39.8 Å². The van der Waals surface area contributed by atoms with Gasteiger partial charge in [0.2, 0.25) is 5.91 Å². The predicted molar refractivity (Wildman–Crippen MR) is 78.0 cm³/mol. The molecule has 0 saturated heterocycles. The molecule has 1 aromatic carbocycles. The third-order valence-electron chi connectivity index (χ3n) is 3.36. The summed E-state index contributed by atoms with van der Waals surface area (Å²) in [6.07, 6.45) is 0. The second-order valence-corrected chi connectivity index (χ2v) is 5.14. The number of anilines is 1. The molecular weight excluding hydrogens is 240 g/mol. The van der Waals surface area contributed by atoms with Crippen LogP contribution in [0.5, 0.6) is 0 Å². The first kappa shape index (κ1) is 15.7. The summed E-state index contributed by atoms with van der Waals surface area (Å²) in [5, 5.41) is 15.4. The molecule has 0 aliphatic heterocycles. The van der Waals surface area contributed by atoms with Gasteiger partial charge in [0, 0.05) is 31.3 Å². The maximum atomic E-state index is 11.0. The van der Waals surface area contributed by atoms with Crippen LogP contribution in [0.2, 0.25) is 0 Å². The van der Waals surface area contributed by atoms with Crippen molar-refractivity contribution in [2.75, 3.05) is 11.9 Å². The lowest BCUT2D eigenvalue weighted by Gasteiger charge is -2.24. The molecule has 0 aliphatic carbocycles. The summed E-state index contributed by atoms with van der Waals surface area (Å²) < 4.78 is 0. The molecule has 0 saturated carbocycles. The number of carbonyl (C=O) groups is 1. The zero-order valence-corrected chi connectivity index (χ0v) is 12.1. The van der Waals surface area contributed by atoms with Gasteiger partial charge in [0.15, 0.2) is 0 Å². The molecule has 0 aliphatic rings. The Morgan fingerprint density at radius 1 is 1.32 bits per heavy atom. The zero-order chi connectivity index (χ0) is 14.4. The van der Waals surface area contributed by atoms with E-state index in [0.717, 1.165) is 11.3 Å². The van der Waals surface area contributed by atoms with Gasteiger partial charge in [0.25, 0.3) is 0 Å². The smallest absolute Gasteiger partial charge is 0.221 e. The Balaban J connectivity index is 2.71. The lowest BCUT2D eigenvalue weighted by Crippen LogP contribution is -2.35. The van der Waals surface area contributed by atoms with Crippen LogP contribution in [0.25, 0.3) is 0 Å². The highest BCUT2D eigenvalue weighted by Crippen LogP contribution is 2.19. The molecule has 4 nitrogen and oxygen atoms in total. The third-order valence-corrected chi connectivity index (χ3v) is 3.36. The predicted octanol–water partition coefficient (Wildman–Crippen LogP) is 2.31. The van der Waals surface area contributed by atoms with Gasteiger partial charge in [0.05, 0.1) is 0 Å². The fourth-order valence-electron chi connectivity index (χ4n) is 1.90. The van der Waals surface area contributed by atoms with Crippen LogP contribution in [-0.4, -0.2) is 23.7 Å². The Labute approximate surface area is 115 Å². The van der Waals surface area contributed by atoms with Crippen LogP contribution in [0, 0.1) is 5.92 Å². The zero-order valence-electron chi connectivity index (χ0n) is 12.1. The van der Waals surface area contributed by atoms with Gasteiger partial charge in [-0.25, -0.2) is 0 Å². The van der Waals surface area contributed by atoms with Crippen molar-refractivity contribution >= 4 is 11.6 Å². The van der Waals surface area contributed by atoms with Crippen molar-refractivity contribution in [3.63, 3.8) is 0 Å². The minimum absolute atomic E-state index is 0.0694. The number of aliphatic hydroxyl groups is 1. The van der Waals surface area contributed by atoms with Gasteiger partial charge < -0.3 is 15.7 Å². The third kappa shape index (κ3) is 5.01. The van der Waals surface area contributed by atoms with E-state index in [1.165, 1.54) is 6.92 Å². The molecule has 19 heavy (non-hydrogen) atoms. The Hall–Kier alpha value is -1.39. The number of hydrogen-bond acceptors (Lipinski definition) is 3. The monoisotopic (exact) mass is 264 g/mol. The number of rotatable bonds is 6. The van der Waals surface area contributed by atoms with Crippen LogP contribution in [-0.2, 0) is 4.79 Å². The van der Waals surface area contributed by atoms with E-state index in [9.17, 15) is 4.79 Å². The Morgan fingerprint density at radius 2 is 2.00 bits per heavy atom. The number of carbonyl (C=O) groups excluding carboxylic acids is 1. The second-order valence-electron chi connectivity index (χ2n) is 5.14. The summed E-state index contributed by atoms with van der Waals surface area (Å²) in [6, 6.07) is 8.19. The molecule has 4 heteroatoms. The maximum Gasteiger partial charge on any atom is 0.221 e. The van der Waals surface area contributed by atoms with Crippen LogP contribution in [0.1, 0.15) is 39.3 Å². The molecule has 0 fully saturated rings. The van der Waals surface area contributed by atoms with Gasteiger partial charge >= 0.3 is 0 Å². The van der Waals surface area contributed by atoms with Gasteiger partial charge in [-0.2, -0.15) is 0 Å². The molecule has 0 heterocycles. The first-order valence-corrected chi connectivity index (χ1v) is 6.68. The van der Waals surface area contributed by atoms with Crippen LogP contribution < -0.4 is 10.6 Å². The summed E-state index contributed by atoms with van der Waals surface area (Å²) in [7, 11) is 0. The van der Waals surface area contributed by atoms with Crippen LogP contribution >= 0.6 is 0 Å². The van der Waals surface area contributed by atoms with Gasteiger partial charge in [0.1, 0.15) is 0 Å². The van der Waals surface area contributed by atoms with Crippen molar-refractivity contribution in [1.82, 2.24) is 5.32 Å². The van der Waals surface area contributed by atoms with Crippen LogP contribution in [0.3, 0.4) is 0 Å². The molecule has 1 amide bonds. The maximum absolute atomic E-state index is 11.0. The first-order chi connectivity index (χ1) is 8.93. The van der Waals surface area contributed by atoms with Crippen molar-refractivity contribution in [2.24, 2.45) is 5.92 Å². The van der Waals surface area contributed by atoms with E-state index in [1.54, 1.807) is 0 Å². The Bertz CT molecular complexity index is 420. The normalized spacial score (nSPS) is 15.6. The molecule has 0 radical (unpaired) electrons. The molecule has 0 bridgehead atoms. The van der Waals surface area contributed by atoms with Crippen molar-refractivity contribution in [3.8, 4) is 0 Å². The van der Waals surface area contributed by atoms with Gasteiger partial charge in [-0.1, -0.05) is 19.1 Å². The SMILES string of the molecule is CC(=O)Nc1cccc(C(C)NC(C)C(C)CO)c1. The fourth-order valence-corrected chi connectivity index (χ4v) is 1.90. The highest BCUT2D eigenvalue weighted by atomic mass is 16.3. The fraction of sp³-hybridized carbons (Fsp3) is 0.533. The highest BCUT2D eigenvalue weighted by molar-refractivity contribution is 5.88. The van der Waals surface area contributed by atoms with E-state index >= 15 is 0 Å². The van der Waals surface area contributed by atoms with E-state index in [1.807, 2.05) is 31.2 Å². The highest BCUT2D eigenvalue weighted by Gasteiger charge is 2.14. The molecule has 3 N–H and O–H groups in total. The number of hydrogen-bond donors (Lipinski definition) is 3. The molecule has 3 unspecified atom stereocenters. The quantitative estimate of drug-likeness (QED) is 0.739. The lowest BCUT2D eigenvalue weighted by atomic mass is 10.0. The lowest BCUT2D eigenvalue weighted by molar-refractivity contribution is -0.114. The standard InChI is InChI=1S/C15H24N2O2/c1-10(9-18)11(2)16-12(3)14-6-5-7-15(8-14)17-13(4)19/h5-8,10-12,16,18H,9H2,1-4H3,(H,17,19). The van der Waals surface area contributed by atoms with E-state index in [4.69, 9.17) is 5.11 Å². The molecule has 106 valence electrons. The summed E-state index contributed by atoms with van der Waals surface area (Å²) in [5.41, 5.74) is 1.92. The van der Waals surface area contributed by atoms with E-state index in [2.05, 4.69) is 24.5 Å². The topological polar surface area (TPSA) is 61.4 Å². The Morgan fingerprint density at radius 3 is 2.58 bits per heavy atom. The average Bonchev–Trinajstić information content (AvgIpc) is 2.37. The first-order valence-electron chi connectivity index (χ1n) is 6.68. The summed E-state index contributed by atoms with van der Waals surface area (Å²) >= 11 is 0. The molecule has 0 spiro atoms. The minimum atomic E-state index is -0.0694. The molecule has 1 aromatic rings. The summed E-state index contributed by atoms with van der Waals surface area (Å²) in [5.74, 6) is 0.140. The van der Waals surface area contributed by atoms with E-state index in [0.29, 0.717) is 0 Å². The molecule has 3 atom stereocenters. The number of nitrogens with one attached hydrogen (secondary N) is 2. The number of amides is 1. The van der Waals surface area contributed by atoms with Crippen molar-refractivity contribution in [1.29, 1.82) is 0 Å². The molecule has 0 aromatic heterocycles. The average molecular weight is 264 g/mol. The Kier molecular flexibility index (Phi) is 5.99. The molecule has 1 rings (SSSR count). The van der Waals surface area contributed by atoms with Crippen LogP contribution in [0.4, 0.5) is 5.69 Å². The van der Waals surface area contributed by atoms with Gasteiger partial charge in [-0.05, 0) is 37.5 Å². The molecular formula is C15H24N2O2. The largest absolute Gasteiger partial charge is 0.396 e. The van der Waals surface area contributed by atoms with E-state index in [-0.39, 0.29) is 30.5 Å². The van der Waals surface area contributed by atoms with Gasteiger partial charge in [-0.15, -0.1) is 0 Å². The van der Waals surface area contributed by atoms with Crippen molar-refractivity contribution < 1.29 is 9.90 Å². The summed E-state index contributed by atoms with van der Waals surface area (Å²) in [6.45, 7) is 7.83. The number of aliphatic hydroxyl groups excluding tert-OH is 1. The minimum Gasteiger partial charge on any atom is -0.396 e. The van der Waals surface area contributed by atoms with Gasteiger partial charge in [-0.3, -0.25) is 4.79 Å². The number of benzene rings is 1.